The highest BCUT2D eigenvalue weighted by molar-refractivity contribution is 7.92. The van der Waals surface area contributed by atoms with Crippen LogP contribution in [0.15, 0.2) is 60.5 Å². The van der Waals surface area contributed by atoms with E-state index in [1.165, 1.54) is 12.1 Å². The van der Waals surface area contributed by atoms with Crippen LogP contribution in [0.1, 0.15) is 47.2 Å². The Morgan fingerprint density at radius 3 is 2.40 bits per heavy atom. The average molecular weight is 607 g/mol. The van der Waals surface area contributed by atoms with E-state index in [0.29, 0.717) is 49.3 Å². The van der Waals surface area contributed by atoms with Crippen LogP contribution in [-0.4, -0.2) is 64.4 Å². The molecule has 2 heterocycles. The molecule has 2 aromatic carbocycles. The number of halogens is 3. The van der Waals surface area contributed by atoms with Crippen molar-refractivity contribution in [3.05, 3.63) is 77.2 Å². The molecule has 2 fully saturated rings. The van der Waals surface area contributed by atoms with Gasteiger partial charge in [-0.1, -0.05) is 18.7 Å². The number of amides is 2. The Balaban J connectivity index is 1.40. The van der Waals surface area contributed by atoms with Crippen LogP contribution < -0.4 is 14.9 Å². The minimum Gasteiger partial charge on any atom is -0.338 e. The Kier molecular flexibility index (Phi) is 10.4. The molecule has 4 rings (SSSR count). The standard InChI is InChI=1S/C30H37F3N4O4S/c1-2-42(40,41)35-19-24-15-17-36(20-24)29(39)25-8-12-27(13-9-25)37(21-23-4-3-16-34-18-23)28(38)14-7-22-5-10-26(11-6-22)30(31,32)33/h2,5-6,8-13,23-24,34-35H,1,3-4,7,14-21H2/t23?,24-/m1/s1. The second kappa shape index (κ2) is 13.8. The molecule has 228 valence electrons. The number of hydrogen-bond donors (Lipinski definition) is 2. The second-order valence-electron chi connectivity index (χ2n) is 10.9. The van der Waals surface area contributed by atoms with Gasteiger partial charge in [0, 0.05) is 49.3 Å². The molecule has 2 aliphatic rings. The number of rotatable bonds is 11. The molecule has 2 atom stereocenters. The van der Waals surface area contributed by atoms with Crippen LogP contribution in [0.5, 0.6) is 0 Å². The van der Waals surface area contributed by atoms with Gasteiger partial charge in [0.2, 0.25) is 15.9 Å². The molecule has 2 saturated heterocycles. The second-order valence-corrected chi connectivity index (χ2v) is 12.6. The minimum absolute atomic E-state index is 0.00447. The first-order valence-corrected chi connectivity index (χ1v) is 15.7. The zero-order valence-corrected chi connectivity index (χ0v) is 24.2. The SMILES string of the molecule is C=CS(=O)(=O)NC[C@H]1CCN(C(=O)c2ccc(N(CC3CCCNC3)C(=O)CCc3ccc(C(F)(F)F)cc3)cc2)C1. The van der Waals surface area contributed by atoms with E-state index in [2.05, 4.69) is 16.6 Å². The van der Waals surface area contributed by atoms with Crippen LogP contribution in [0.4, 0.5) is 18.9 Å². The zero-order valence-electron chi connectivity index (χ0n) is 23.4. The van der Waals surface area contributed by atoms with Gasteiger partial charge in [0.25, 0.3) is 5.91 Å². The lowest BCUT2D eigenvalue weighted by Crippen LogP contribution is -2.41. The summed E-state index contributed by atoms with van der Waals surface area (Å²) in [5, 5.41) is 4.22. The first-order chi connectivity index (χ1) is 19.9. The van der Waals surface area contributed by atoms with Gasteiger partial charge in [-0.05, 0) is 92.6 Å². The zero-order chi connectivity index (χ0) is 30.3. The number of carbonyl (C=O) groups is 2. The highest BCUT2D eigenvalue weighted by Gasteiger charge is 2.30. The molecular formula is C30H37F3N4O4S. The van der Waals surface area contributed by atoms with Crippen molar-refractivity contribution in [3.63, 3.8) is 0 Å². The Bertz CT molecular complexity index is 1340. The van der Waals surface area contributed by atoms with Gasteiger partial charge in [-0.15, -0.1) is 0 Å². The summed E-state index contributed by atoms with van der Waals surface area (Å²) in [6.07, 6.45) is -1.29. The van der Waals surface area contributed by atoms with Crippen LogP contribution in [0.3, 0.4) is 0 Å². The number of nitrogens with zero attached hydrogens (tertiary/aromatic N) is 2. The molecule has 0 saturated carbocycles. The first kappa shape index (κ1) is 31.7. The molecule has 0 spiro atoms. The van der Waals surface area contributed by atoms with E-state index >= 15 is 0 Å². The molecule has 42 heavy (non-hydrogen) atoms. The van der Waals surface area contributed by atoms with Crippen molar-refractivity contribution in [2.75, 3.05) is 44.2 Å². The van der Waals surface area contributed by atoms with Gasteiger partial charge in [0.1, 0.15) is 0 Å². The predicted octanol–water partition coefficient (Wildman–Crippen LogP) is 4.20. The number of carbonyl (C=O) groups excluding carboxylic acids is 2. The van der Waals surface area contributed by atoms with Crippen molar-refractivity contribution in [1.82, 2.24) is 14.9 Å². The van der Waals surface area contributed by atoms with Gasteiger partial charge >= 0.3 is 6.18 Å². The number of aryl methyl sites for hydroxylation is 1. The topological polar surface area (TPSA) is 98.8 Å². The molecule has 0 aromatic heterocycles. The van der Waals surface area contributed by atoms with Gasteiger partial charge in [-0.2, -0.15) is 13.2 Å². The molecule has 2 N–H and O–H groups in total. The lowest BCUT2D eigenvalue weighted by atomic mass is 9.98. The third kappa shape index (κ3) is 8.65. The number of nitrogens with one attached hydrogen (secondary N) is 2. The fraction of sp³-hybridized carbons (Fsp3) is 0.467. The van der Waals surface area contributed by atoms with Crippen LogP contribution in [0.2, 0.25) is 0 Å². The first-order valence-electron chi connectivity index (χ1n) is 14.1. The summed E-state index contributed by atoms with van der Waals surface area (Å²) in [6.45, 7) is 6.69. The average Bonchev–Trinajstić information content (AvgIpc) is 3.47. The molecule has 0 bridgehead atoms. The van der Waals surface area contributed by atoms with E-state index in [1.54, 1.807) is 34.1 Å². The molecule has 12 heteroatoms. The van der Waals surface area contributed by atoms with Gasteiger partial charge < -0.3 is 15.1 Å². The fourth-order valence-corrected chi connectivity index (χ4v) is 5.96. The Labute approximate surface area is 245 Å². The normalized spacial score (nSPS) is 19.5. The van der Waals surface area contributed by atoms with Crippen LogP contribution >= 0.6 is 0 Å². The molecule has 0 radical (unpaired) electrons. The monoisotopic (exact) mass is 606 g/mol. The van der Waals surface area contributed by atoms with Crippen molar-refractivity contribution in [1.29, 1.82) is 0 Å². The summed E-state index contributed by atoms with van der Waals surface area (Å²) in [4.78, 5) is 30.0. The Morgan fingerprint density at radius 2 is 1.79 bits per heavy atom. The Morgan fingerprint density at radius 1 is 1.07 bits per heavy atom. The van der Waals surface area contributed by atoms with Crippen molar-refractivity contribution in [2.45, 2.75) is 38.3 Å². The number of likely N-dealkylation sites (tertiary alicyclic amines) is 1. The van der Waals surface area contributed by atoms with E-state index in [9.17, 15) is 31.2 Å². The fourth-order valence-electron chi connectivity index (χ4n) is 5.38. The molecule has 2 amide bonds. The van der Waals surface area contributed by atoms with Crippen molar-refractivity contribution >= 4 is 27.5 Å². The summed E-state index contributed by atoms with van der Waals surface area (Å²) in [5.41, 5.74) is 1.06. The number of sulfonamides is 1. The molecule has 2 aliphatic heterocycles. The highest BCUT2D eigenvalue weighted by Crippen LogP contribution is 2.29. The van der Waals surface area contributed by atoms with E-state index in [0.717, 1.165) is 43.5 Å². The number of hydrogen-bond acceptors (Lipinski definition) is 5. The predicted molar refractivity (Wildman–Crippen MR) is 155 cm³/mol. The summed E-state index contributed by atoms with van der Waals surface area (Å²) >= 11 is 0. The van der Waals surface area contributed by atoms with Gasteiger partial charge in [-0.25, -0.2) is 13.1 Å². The smallest absolute Gasteiger partial charge is 0.338 e. The highest BCUT2D eigenvalue weighted by atomic mass is 32.2. The largest absolute Gasteiger partial charge is 0.416 e. The number of alkyl halides is 3. The van der Waals surface area contributed by atoms with E-state index < -0.39 is 21.8 Å². The van der Waals surface area contributed by atoms with E-state index in [4.69, 9.17) is 0 Å². The van der Waals surface area contributed by atoms with Crippen molar-refractivity contribution in [2.24, 2.45) is 11.8 Å². The number of benzene rings is 2. The van der Waals surface area contributed by atoms with Crippen LogP contribution in [0.25, 0.3) is 0 Å². The summed E-state index contributed by atoms with van der Waals surface area (Å²) in [5.74, 6) is -0.0313. The van der Waals surface area contributed by atoms with Crippen molar-refractivity contribution in [3.8, 4) is 0 Å². The van der Waals surface area contributed by atoms with Crippen LogP contribution in [-0.2, 0) is 27.4 Å². The van der Waals surface area contributed by atoms with Gasteiger partial charge in [0.05, 0.1) is 5.56 Å². The third-order valence-corrected chi connectivity index (χ3v) is 8.85. The molecule has 1 unspecified atom stereocenters. The van der Waals surface area contributed by atoms with Crippen molar-refractivity contribution < 1.29 is 31.2 Å². The maximum Gasteiger partial charge on any atom is 0.416 e. The lowest BCUT2D eigenvalue weighted by Gasteiger charge is -2.30. The molecule has 0 aliphatic carbocycles. The summed E-state index contributed by atoms with van der Waals surface area (Å²) in [7, 11) is -3.52. The Hall–Kier alpha value is -3.22. The quantitative estimate of drug-likeness (QED) is 0.400. The maximum absolute atomic E-state index is 13.4. The van der Waals surface area contributed by atoms with E-state index in [1.807, 2.05) is 0 Å². The third-order valence-electron chi connectivity index (χ3n) is 7.84. The maximum atomic E-state index is 13.4. The number of anilines is 1. The van der Waals surface area contributed by atoms with Crippen LogP contribution in [0, 0.1) is 11.8 Å². The molecule has 8 nitrogen and oxygen atoms in total. The minimum atomic E-state index is -4.41. The summed E-state index contributed by atoms with van der Waals surface area (Å²) in [6, 6.07) is 11.8. The summed E-state index contributed by atoms with van der Waals surface area (Å²) < 4.78 is 64.4. The van der Waals surface area contributed by atoms with E-state index in [-0.39, 0.29) is 36.6 Å². The molecule has 2 aromatic rings. The van der Waals surface area contributed by atoms with Gasteiger partial charge in [-0.3, -0.25) is 9.59 Å². The van der Waals surface area contributed by atoms with Gasteiger partial charge in [0.15, 0.2) is 0 Å². The number of piperidine rings is 1. The molecular weight excluding hydrogens is 569 g/mol. The lowest BCUT2D eigenvalue weighted by molar-refractivity contribution is -0.137.